The van der Waals surface area contributed by atoms with E-state index in [1.807, 2.05) is 0 Å². The first-order valence-electron chi connectivity index (χ1n) is 4.92. The number of benzene rings is 1. The average molecular weight is 245 g/mol. The van der Waals surface area contributed by atoms with E-state index in [0.717, 1.165) is 18.9 Å². The Morgan fingerprint density at radius 2 is 2.31 bits per heavy atom. The van der Waals surface area contributed by atoms with Gasteiger partial charge in [0.25, 0.3) is 0 Å². The van der Waals surface area contributed by atoms with Crippen LogP contribution in [0.3, 0.4) is 0 Å². The minimum absolute atomic E-state index is 0. The second kappa shape index (κ2) is 5.70. The van der Waals surface area contributed by atoms with Gasteiger partial charge in [0.1, 0.15) is 24.0 Å². The Hall–Kier alpha value is -1.29. The normalized spacial score (nSPS) is 13.8. The predicted molar refractivity (Wildman–Crippen MR) is 64.2 cm³/mol. The third-order valence-electron chi connectivity index (χ3n) is 2.33. The highest BCUT2D eigenvalue weighted by atomic mass is 35.5. The van der Waals surface area contributed by atoms with Gasteiger partial charge in [-0.3, -0.25) is 4.99 Å². The van der Waals surface area contributed by atoms with Crippen LogP contribution in [0.2, 0.25) is 0 Å². The number of rotatable bonds is 3. The molecule has 1 N–H and O–H groups in total. The van der Waals surface area contributed by atoms with Crippen molar-refractivity contribution in [3.8, 4) is 5.75 Å². The Morgan fingerprint density at radius 1 is 1.50 bits per heavy atom. The van der Waals surface area contributed by atoms with Crippen LogP contribution >= 0.6 is 12.4 Å². The van der Waals surface area contributed by atoms with E-state index in [9.17, 15) is 4.39 Å². The number of aliphatic imine (C=N–C) groups is 1. The van der Waals surface area contributed by atoms with Crippen molar-refractivity contribution in [2.45, 2.75) is 6.92 Å². The molecule has 0 atom stereocenters. The van der Waals surface area contributed by atoms with Crippen molar-refractivity contribution in [3.63, 3.8) is 0 Å². The van der Waals surface area contributed by atoms with E-state index >= 15 is 0 Å². The van der Waals surface area contributed by atoms with Crippen LogP contribution in [0.25, 0.3) is 0 Å². The maximum absolute atomic E-state index is 13.2. The van der Waals surface area contributed by atoms with Gasteiger partial charge >= 0.3 is 0 Å². The molecule has 2 rings (SSSR count). The van der Waals surface area contributed by atoms with Gasteiger partial charge in [0.05, 0.1) is 6.54 Å². The summed E-state index contributed by atoms with van der Waals surface area (Å²) < 4.78 is 18.6. The zero-order valence-electron chi connectivity index (χ0n) is 9.00. The van der Waals surface area contributed by atoms with E-state index in [1.165, 1.54) is 6.07 Å². The molecule has 1 aromatic rings. The molecule has 0 aliphatic carbocycles. The van der Waals surface area contributed by atoms with Gasteiger partial charge in [-0.2, -0.15) is 0 Å². The zero-order valence-corrected chi connectivity index (χ0v) is 9.81. The van der Waals surface area contributed by atoms with Crippen molar-refractivity contribution in [2.75, 3.05) is 19.7 Å². The van der Waals surface area contributed by atoms with Gasteiger partial charge in [0, 0.05) is 12.1 Å². The summed E-state index contributed by atoms with van der Waals surface area (Å²) in [5, 5.41) is 3.09. The summed E-state index contributed by atoms with van der Waals surface area (Å²) in [6.45, 7) is 3.74. The molecule has 5 heteroatoms. The van der Waals surface area contributed by atoms with Crippen LogP contribution in [0.1, 0.15) is 5.56 Å². The second-order valence-corrected chi connectivity index (χ2v) is 3.41. The van der Waals surface area contributed by atoms with E-state index in [1.54, 1.807) is 19.1 Å². The number of hydrogen-bond acceptors (Lipinski definition) is 3. The van der Waals surface area contributed by atoms with Gasteiger partial charge in [-0.15, -0.1) is 12.4 Å². The fourth-order valence-corrected chi connectivity index (χ4v) is 1.43. The molecule has 0 fully saturated rings. The number of ether oxygens (including phenoxy) is 1. The molecule has 16 heavy (non-hydrogen) atoms. The Bertz CT molecular complexity index is 396. The lowest BCUT2D eigenvalue weighted by atomic mass is 10.2. The van der Waals surface area contributed by atoms with E-state index in [2.05, 4.69) is 10.3 Å². The van der Waals surface area contributed by atoms with Crippen LogP contribution in [-0.4, -0.2) is 25.5 Å². The summed E-state index contributed by atoms with van der Waals surface area (Å²) in [7, 11) is 0. The van der Waals surface area contributed by atoms with Crippen LogP contribution < -0.4 is 10.1 Å². The summed E-state index contributed by atoms with van der Waals surface area (Å²) in [5.41, 5.74) is 0.538. The molecule has 3 nitrogen and oxygen atoms in total. The minimum atomic E-state index is -0.242. The average Bonchev–Trinajstić information content (AvgIpc) is 2.73. The van der Waals surface area contributed by atoms with Gasteiger partial charge < -0.3 is 10.1 Å². The van der Waals surface area contributed by atoms with E-state index < -0.39 is 0 Å². The lowest BCUT2D eigenvalue weighted by molar-refractivity contribution is 0.367. The quantitative estimate of drug-likeness (QED) is 0.882. The summed E-state index contributed by atoms with van der Waals surface area (Å²) in [4.78, 5) is 4.19. The Labute approximate surface area is 100 Å². The molecular weight excluding hydrogens is 231 g/mol. The first kappa shape index (κ1) is 12.8. The Balaban J connectivity index is 0.00000128. The molecule has 0 amide bonds. The largest absolute Gasteiger partial charge is 0.485 e. The lowest BCUT2D eigenvalue weighted by Crippen LogP contribution is -2.25. The molecule has 0 aromatic heterocycles. The van der Waals surface area contributed by atoms with Crippen LogP contribution in [0, 0.1) is 12.7 Å². The second-order valence-electron chi connectivity index (χ2n) is 3.41. The van der Waals surface area contributed by atoms with Crippen molar-refractivity contribution in [3.05, 3.63) is 29.6 Å². The first-order valence-corrected chi connectivity index (χ1v) is 4.92. The van der Waals surface area contributed by atoms with E-state index in [4.69, 9.17) is 4.74 Å². The molecule has 0 unspecified atom stereocenters. The van der Waals surface area contributed by atoms with Crippen molar-refractivity contribution in [2.24, 2.45) is 4.99 Å². The van der Waals surface area contributed by atoms with Crippen molar-refractivity contribution in [1.82, 2.24) is 5.32 Å². The van der Waals surface area contributed by atoms with Crippen molar-refractivity contribution >= 4 is 18.2 Å². The monoisotopic (exact) mass is 244 g/mol. The maximum Gasteiger partial charge on any atom is 0.145 e. The third kappa shape index (κ3) is 2.85. The van der Waals surface area contributed by atoms with Gasteiger partial charge in [-0.25, -0.2) is 4.39 Å². The smallest absolute Gasteiger partial charge is 0.145 e. The highest BCUT2D eigenvalue weighted by Gasteiger charge is 2.08. The summed E-state index contributed by atoms with van der Waals surface area (Å²) in [5.74, 6) is 1.17. The molecule has 0 saturated carbocycles. The van der Waals surface area contributed by atoms with Crippen molar-refractivity contribution < 1.29 is 9.13 Å². The van der Waals surface area contributed by atoms with E-state index in [-0.39, 0.29) is 18.2 Å². The number of hydrogen-bond donors (Lipinski definition) is 1. The molecule has 0 radical (unpaired) electrons. The molecular formula is C11H14ClFN2O. The molecule has 0 bridgehead atoms. The Morgan fingerprint density at radius 3 is 3.00 bits per heavy atom. The van der Waals surface area contributed by atoms with E-state index in [0.29, 0.717) is 17.9 Å². The van der Waals surface area contributed by atoms with Crippen molar-refractivity contribution in [1.29, 1.82) is 0 Å². The number of nitrogens with one attached hydrogen (secondary N) is 1. The van der Waals surface area contributed by atoms with Crippen LogP contribution in [0.4, 0.5) is 4.39 Å². The predicted octanol–water partition coefficient (Wildman–Crippen LogP) is 1.94. The third-order valence-corrected chi connectivity index (χ3v) is 2.33. The van der Waals surface area contributed by atoms with Crippen LogP contribution in [0.15, 0.2) is 23.2 Å². The summed E-state index contributed by atoms with van der Waals surface area (Å²) in [6, 6.07) is 4.82. The molecule has 1 aromatic carbocycles. The van der Waals surface area contributed by atoms with Crippen LogP contribution in [-0.2, 0) is 0 Å². The lowest BCUT2D eigenvalue weighted by Gasteiger charge is -2.09. The standard InChI is InChI=1S/C11H13FN2O.ClH/c1-8-9(12)3-2-4-10(8)15-7-11-13-5-6-14-11;/h2-4H,5-7H2,1H3,(H,13,14);1H. The van der Waals surface area contributed by atoms with Crippen LogP contribution in [0.5, 0.6) is 5.75 Å². The Kier molecular flexibility index (Phi) is 4.55. The first-order chi connectivity index (χ1) is 7.27. The molecule has 1 aliphatic rings. The van der Waals surface area contributed by atoms with Gasteiger partial charge in [-0.1, -0.05) is 6.07 Å². The molecule has 88 valence electrons. The molecule has 1 heterocycles. The molecule has 0 saturated heterocycles. The van der Waals surface area contributed by atoms with Gasteiger partial charge in [0.2, 0.25) is 0 Å². The van der Waals surface area contributed by atoms with Gasteiger partial charge in [0.15, 0.2) is 0 Å². The number of amidine groups is 1. The molecule has 0 spiro atoms. The minimum Gasteiger partial charge on any atom is -0.485 e. The SMILES string of the molecule is Cc1c(F)cccc1OCC1=NCCN1.Cl. The maximum atomic E-state index is 13.2. The summed E-state index contributed by atoms with van der Waals surface area (Å²) in [6.07, 6.45) is 0. The fourth-order valence-electron chi connectivity index (χ4n) is 1.43. The fraction of sp³-hybridized carbons (Fsp3) is 0.364. The highest BCUT2D eigenvalue weighted by molar-refractivity contribution is 5.85. The topological polar surface area (TPSA) is 33.6 Å². The number of nitrogens with zero attached hydrogens (tertiary/aromatic N) is 1. The zero-order chi connectivity index (χ0) is 10.7. The summed E-state index contributed by atoms with van der Waals surface area (Å²) >= 11 is 0. The van der Waals surface area contributed by atoms with Gasteiger partial charge in [-0.05, 0) is 19.1 Å². The highest BCUT2D eigenvalue weighted by Crippen LogP contribution is 2.19. The number of halogens is 2. The molecule has 1 aliphatic heterocycles.